The van der Waals surface area contributed by atoms with Gasteiger partial charge < -0.3 is 4.74 Å². The maximum absolute atomic E-state index is 12.7. The second kappa shape index (κ2) is 8.39. The molecule has 0 bridgehead atoms. The van der Waals surface area contributed by atoms with Crippen LogP contribution in [0.4, 0.5) is 0 Å². The van der Waals surface area contributed by atoms with E-state index in [-0.39, 0.29) is 18.9 Å². The molecule has 5 heteroatoms. The molecule has 0 saturated carbocycles. The second-order valence-corrected chi connectivity index (χ2v) is 6.92. The van der Waals surface area contributed by atoms with E-state index in [1.165, 1.54) is 0 Å². The van der Waals surface area contributed by atoms with Crippen molar-refractivity contribution in [1.29, 1.82) is 0 Å². The minimum Gasteiger partial charge on any atom is -0.438 e. The highest BCUT2D eigenvalue weighted by molar-refractivity contribution is 5.89. The number of ether oxygens (including phenoxy) is 1. The maximum Gasteiger partial charge on any atom is 0.321 e. The first-order valence-corrected chi connectivity index (χ1v) is 9.57. The van der Waals surface area contributed by atoms with E-state index < -0.39 is 17.7 Å². The maximum atomic E-state index is 12.7. The number of rotatable bonds is 7. The zero-order valence-electron chi connectivity index (χ0n) is 15.9. The predicted molar refractivity (Wildman–Crippen MR) is 110 cm³/mol. The normalized spacial score (nSPS) is 16.4. The molecule has 3 aromatic rings. The molecule has 146 valence electrons. The summed E-state index contributed by atoms with van der Waals surface area (Å²) in [6.45, 7) is 0.0846. The summed E-state index contributed by atoms with van der Waals surface area (Å²) in [5, 5.41) is 6.29. The lowest BCUT2D eigenvalue weighted by Crippen LogP contribution is -2.49. The van der Waals surface area contributed by atoms with Crippen molar-refractivity contribution >= 4 is 11.8 Å². The molecule has 1 fully saturated rings. The van der Waals surface area contributed by atoms with Gasteiger partial charge in [-0.15, -0.1) is 0 Å². The molecule has 0 amide bonds. The van der Waals surface area contributed by atoms with Gasteiger partial charge in [0.05, 0.1) is 18.6 Å². The molecule has 1 unspecified atom stereocenters. The molecule has 4 rings (SSSR count). The van der Waals surface area contributed by atoms with Crippen molar-refractivity contribution in [2.75, 3.05) is 13.1 Å². The first-order valence-electron chi connectivity index (χ1n) is 9.57. The number of carbonyl (C=O) groups excluding carboxylic acids is 2. The van der Waals surface area contributed by atoms with Gasteiger partial charge in [0.2, 0.25) is 12.0 Å². The summed E-state index contributed by atoms with van der Waals surface area (Å²) in [4.78, 5) is 24.1. The van der Waals surface area contributed by atoms with E-state index in [1.807, 2.05) is 91.0 Å². The lowest BCUT2D eigenvalue weighted by atomic mass is 9.77. The monoisotopic (exact) mass is 386 g/mol. The fourth-order valence-electron chi connectivity index (χ4n) is 3.75. The molecular formula is C24H22N2O3. The lowest BCUT2D eigenvalue weighted by molar-refractivity contribution is -0.146. The van der Waals surface area contributed by atoms with Crippen LogP contribution in [0.25, 0.3) is 0 Å². The fourth-order valence-corrected chi connectivity index (χ4v) is 3.75. The highest BCUT2D eigenvalue weighted by Crippen LogP contribution is 2.36. The van der Waals surface area contributed by atoms with E-state index in [2.05, 4.69) is 10.6 Å². The van der Waals surface area contributed by atoms with Crippen molar-refractivity contribution in [2.45, 2.75) is 11.8 Å². The van der Waals surface area contributed by atoms with Gasteiger partial charge in [-0.1, -0.05) is 91.0 Å². The highest BCUT2D eigenvalue weighted by Gasteiger charge is 2.38. The number of ketones is 1. The lowest BCUT2D eigenvalue weighted by Gasteiger charge is -2.37. The number of nitrogens with one attached hydrogen (secondary N) is 2. The van der Waals surface area contributed by atoms with Crippen LogP contribution in [0.2, 0.25) is 0 Å². The Morgan fingerprint density at radius 2 is 1.31 bits per heavy atom. The largest absolute Gasteiger partial charge is 0.438 e. The van der Waals surface area contributed by atoms with E-state index >= 15 is 0 Å². The average molecular weight is 386 g/mol. The molecule has 1 aliphatic rings. The van der Waals surface area contributed by atoms with Crippen molar-refractivity contribution in [3.8, 4) is 0 Å². The predicted octanol–water partition coefficient (Wildman–Crippen LogP) is 2.61. The Bertz CT molecular complexity index is 878. The summed E-state index contributed by atoms with van der Waals surface area (Å²) >= 11 is 0. The molecular weight excluding hydrogens is 364 g/mol. The third kappa shape index (κ3) is 3.83. The van der Waals surface area contributed by atoms with Crippen LogP contribution in [0.1, 0.15) is 16.7 Å². The molecule has 29 heavy (non-hydrogen) atoms. The van der Waals surface area contributed by atoms with Crippen molar-refractivity contribution in [3.63, 3.8) is 0 Å². The number of hydrogen-bond acceptors (Lipinski definition) is 5. The Morgan fingerprint density at radius 3 is 1.69 bits per heavy atom. The van der Waals surface area contributed by atoms with Gasteiger partial charge >= 0.3 is 5.97 Å². The smallest absolute Gasteiger partial charge is 0.321 e. The minimum atomic E-state index is -0.907. The number of benzene rings is 3. The van der Waals surface area contributed by atoms with Gasteiger partial charge in [-0.25, -0.2) is 0 Å². The van der Waals surface area contributed by atoms with Crippen LogP contribution < -0.4 is 10.6 Å². The Labute approximate surface area is 169 Å². The second-order valence-electron chi connectivity index (χ2n) is 6.92. The fraction of sp³-hybridized carbons (Fsp3) is 0.167. The Kier molecular flexibility index (Phi) is 5.51. The van der Waals surface area contributed by atoms with Crippen LogP contribution in [-0.4, -0.2) is 31.1 Å². The van der Waals surface area contributed by atoms with Gasteiger partial charge in [0.1, 0.15) is 0 Å². The van der Waals surface area contributed by atoms with Crippen molar-refractivity contribution < 1.29 is 14.3 Å². The van der Waals surface area contributed by atoms with Gasteiger partial charge in [-0.05, 0) is 16.7 Å². The van der Waals surface area contributed by atoms with Gasteiger partial charge in [0.15, 0.2) is 0 Å². The quantitative estimate of drug-likeness (QED) is 0.483. The van der Waals surface area contributed by atoms with Gasteiger partial charge in [0.25, 0.3) is 0 Å². The van der Waals surface area contributed by atoms with Crippen molar-refractivity contribution in [3.05, 3.63) is 108 Å². The summed E-state index contributed by atoms with van der Waals surface area (Å²) in [5.74, 6) is -0.633. The summed E-state index contributed by atoms with van der Waals surface area (Å²) in [6.07, 6.45) is -0.907. The standard InChI is InChI=1S/C24H22N2O3/c27-21(23-25-17-22(28)29-23)16-26-24(18-10-4-1-5-11-18,19-12-6-2-7-13-19)20-14-8-3-9-15-20/h1-15,23,25-26H,16-17H2. The van der Waals surface area contributed by atoms with E-state index in [4.69, 9.17) is 4.74 Å². The third-order valence-corrected chi connectivity index (χ3v) is 5.12. The number of hydrogen-bond donors (Lipinski definition) is 2. The van der Waals surface area contributed by atoms with E-state index in [1.54, 1.807) is 0 Å². The Hall–Kier alpha value is -3.28. The highest BCUT2D eigenvalue weighted by atomic mass is 16.6. The average Bonchev–Trinajstić information content (AvgIpc) is 3.23. The Morgan fingerprint density at radius 1 is 0.862 bits per heavy atom. The van der Waals surface area contributed by atoms with E-state index in [9.17, 15) is 9.59 Å². The summed E-state index contributed by atoms with van der Waals surface area (Å²) in [7, 11) is 0. The number of cyclic esters (lactones) is 1. The third-order valence-electron chi connectivity index (χ3n) is 5.12. The zero-order valence-corrected chi connectivity index (χ0v) is 15.9. The van der Waals surface area contributed by atoms with Crippen LogP contribution in [-0.2, 0) is 19.9 Å². The molecule has 1 aliphatic heterocycles. The van der Waals surface area contributed by atoms with Crippen LogP contribution >= 0.6 is 0 Å². The number of Topliss-reactive ketones (excluding diaryl/α,β-unsaturated/α-hetero) is 1. The molecule has 5 nitrogen and oxygen atoms in total. The summed E-state index contributed by atoms with van der Waals surface area (Å²) in [5.41, 5.74) is 2.31. The van der Waals surface area contributed by atoms with Crippen molar-refractivity contribution in [2.24, 2.45) is 0 Å². The molecule has 1 heterocycles. The zero-order chi connectivity index (χ0) is 20.1. The molecule has 1 saturated heterocycles. The van der Waals surface area contributed by atoms with Gasteiger partial charge in [-0.3, -0.25) is 20.2 Å². The number of carbonyl (C=O) groups is 2. The Balaban J connectivity index is 1.77. The molecule has 0 spiro atoms. The molecule has 0 aliphatic carbocycles. The molecule has 0 radical (unpaired) electrons. The van der Waals surface area contributed by atoms with Crippen LogP contribution in [0.5, 0.6) is 0 Å². The van der Waals surface area contributed by atoms with Gasteiger partial charge in [0, 0.05) is 0 Å². The topological polar surface area (TPSA) is 67.4 Å². The summed E-state index contributed by atoms with van der Waals surface area (Å²) in [6, 6.07) is 30.1. The first kappa shape index (κ1) is 19.1. The molecule has 2 N–H and O–H groups in total. The first-order chi connectivity index (χ1) is 14.2. The SMILES string of the molecule is O=C1CNC(C(=O)CNC(c2ccccc2)(c2ccccc2)c2ccccc2)O1. The molecule has 1 atom stereocenters. The molecule has 0 aromatic heterocycles. The van der Waals surface area contributed by atoms with Crippen molar-refractivity contribution in [1.82, 2.24) is 10.6 Å². The van der Waals surface area contributed by atoms with Crippen LogP contribution in [0.3, 0.4) is 0 Å². The summed E-state index contributed by atoms with van der Waals surface area (Å²) < 4.78 is 5.07. The van der Waals surface area contributed by atoms with E-state index in [0.29, 0.717) is 0 Å². The minimum absolute atomic E-state index is 0.0314. The van der Waals surface area contributed by atoms with Gasteiger partial charge in [-0.2, -0.15) is 0 Å². The molecule has 3 aromatic carbocycles. The van der Waals surface area contributed by atoms with E-state index in [0.717, 1.165) is 16.7 Å². The number of esters is 1. The van der Waals surface area contributed by atoms with Crippen LogP contribution in [0.15, 0.2) is 91.0 Å². The van der Waals surface area contributed by atoms with Crippen LogP contribution in [0, 0.1) is 0 Å².